The molecule has 1 saturated carbocycles. The molecule has 1 aliphatic rings. The van der Waals surface area contributed by atoms with E-state index < -0.39 is 0 Å². The lowest BCUT2D eigenvalue weighted by Gasteiger charge is -2.34. The number of hydrogen-bond acceptors (Lipinski definition) is 3. The van der Waals surface area contributed by atoms with Gasteiger partial charge < -0.3 is 0 Å². The van der Waals surface area contributed by atoms with Gasteiger partial charge in [0.05, 0.1) is 0 Å². The van der Waals surface area contributed by atoms with Gasteiger partial charge in [-0.05, 0) is 60.3 Å². The summed E-state index contributed by atoms with van der Waals surface area (Å²) in [5, 5.41) is 4.39. The van der Waals surface area contributed by atoms with Crippen LogP contribution in [-0.4, -0.2) is 11.6 Å². The molecule has 0 bridgehead atoms. The van der Waals surface area contributed by atoms with Crippen molar-refractivity contribution in [3.8, 4) is 0 Å². The number of nitrogens with zero attached hydrogens (tertiary/aromatic N) is 1. The second kappa shape index (κ2) is 10.1. The summed E-state index contributed by atoms with van der Waals surface area (Å²) in [6.45, 7) is 6.93. The molecule has 0 aromatic heterocycles. The molecule has 0 unspecified atom stereocenters. The number of amides is 1. The SMILES string of the molecule is CC(C)(C)C1CCC(=NNC(=O)c2ccc(CSCc3ccccc3)cc2)CC1. The second-order valence-corrected chi connectivity index (χ2v) is 9.92. The van der Waals surface area contributed by atoms with Crippen molar-refractivity contribution in [2.45, 2.75) is 58.0 Å². The van der Waals surface area contributed by atoms with Crippen molar-refractivity contribution in [1.29, 1.82) is 0 Å². The lowest BCUT2D eigenvalue weighted by Crippen LogP contribution is -2.27. The van der Waals surface area contributed by atoms with Crippen LogP contribution in [0.15, 0.2) is 59.7 Å². The number of hydrogen-bond donors (Lipinski definition) is 1. The van der Waals surface area contributed by atoms with E-state index in [2.05, 4.69) is 55.6 Å². The fourth-order valence-corrected chi connectivity index (χ4v) is 4.69. The maximum absolute atomic E-state index is 12.4. The second-order valence-electron chi connectivity index (χ2n) is 8.93. The molecule has 3 rings (SSSR count). The summed E-state index contributed by atoms with van der Waals surface area (Å²) in [4.78, 5) is 12.4. The van der Waals surface area contributed by atoms with Crippen LogP contribution in [0.2, 0.25) is 0 Å². The van der Waals surface area contributed by atoms with E-state index in [-0.39, 0.29) is 5.91 Å². The molecule has 0 aliphatic heterocycles. The number of carbonyl (C=O) groups is 1. The van der Waals surface area contributed by atoms with Crippen molar-refractivity contribution in [1.82, 2.24) is 5.43 Å². The minimum absolute atomic E-state index is 0.126. The average Bonchev–Trinajstić information content (AvgIpc) is 2.73. The summed E-state index contributed by atoms with van der Waals surface area (Å²) < 4.78 is 0. The first-order valence-corrected chi connectivity index (χ1v) is 11.6. The molecule has 0 saturated heterocycles. The van der Waals surface area contributed by atoms with Crippen LogP contribution in [0.4, 0.5) is 0 Å². The van der Waals surface area contributed by atoms with E-state index in [1.807, 2.05) is 42.1 Å². The van der Waals surface area contributed by atoms with Crippen LogP contribution in [0.1, 0.15) is 67.9 Å². The zero-order valence-electron chi connectivity index (χ0n) is 17.8. The van der Waals surface area contributed by atoms with Crippen LogP contribution >= 0.6 is 11.8 Å². The topological polar surface area (TPSA) is 41.5 Å². The van der Waals surface area contributed by atoms with Crippen LogP contribution in [0, 0.1) is 11.3 Å². The van der Waals surface area contributed by atoms with Crippen molar-refractivity contribution < 1.29 is 4.79 Å². The monoisotopic (exact) mass is 408 g/mol. The molecule has 3 nitrogen and oxygen atoms in total. The highest BCUT2D eigenvalue weighted by atomic mass is 32.2. The Morgan fingerprint density at radius 1 is 0.966 bits per heavy atom. The molecule has 4 heteroatoms. The van der Waals surface area contributed by atoms with E-state index >= 15 is 0 Å². The van der Waals surface area contributed by atoms with Gasteiger partial charge in [0.25, 0.3) is 5.91 Å². The summed E-state index contributed by atoms with van der Waals surface area (Å²) in [7, 11) is 0. The number of carbonyl (C=O) groups excluding carboxylic acids is 1. The smallest absolute Gasteiger partial charge is 0.267 e. The van der Waals surface area contributed by atoms with Gasteiger partial charge in [-0.15, -0.1) is 0 Å². The van der Waals surface area contributed by atoms with Gasteiger partial charge in [0.2, 0.25) is 0 Å². The molecule has 1 amide bonds. The Kier molecular flexibility index (Phi) is 7.54. The van der Waals surface area contributed by atoms with Crippen LogP contribution in [0.3, 0.4) is 0 Å². The van der Waals surface area contributed by atoms with Gasteiger partial charge in [0.15, 0.2) is 0 Å². The van der Waals surface area contributed by atoms with Crippen molar-refractivity contribution in [3.05, 3.63) is 71.3 Å². The van der Waals surface area contributed by atoms with E-state index in [1.54, 1.807) is 0 Å². The zero-order valence-corrected chi connectivity index (χ0v) is 18.6. The lowest BCUT2D eigenvalue weighted by molar-refractivity contribution is 0.0954. The standard InChI is InChI=1S/C25H32N2OS/c1-25(2,3)22-13-15-23(16-14-22)26-27-24(28)21-11-9-20(10-12-21)18-29-17-19-7-5-4-6-8-19/h4-12,22H,13-18H2,1-3H3,(H,27,28). The Labute approximate surface area is 179 Å². The first-order chi connectivity index (χ1) is 13.9. The molecule has 2 aromatic carbocycles. The molecule has 1 fully saturated rings. The normalized spacial score (nSPS) is 17.1. The van der Waals surface area contributed by atoms with Gasteiger partial charge in [-0.1, -0.05) is 63.2 Å². The van der Waals surface area contributed by atoms with E-state index in [4.69, 9.17) is 0 Å². The third-order valence-electron chi connectivity index (χ3n) is 5.70. The van der Waals surface area contributed by atoms with E-state index in [9.17, 15) is 4.79 Å². The van der Waals surface area contributed by atoms with E-state index in [0.29, 0.717) is 11.0 Å². The lowest BCUT2D eigenvalue weighted by atomic mass is 9.72. The highest BCUT2D eigenvalue weighted by Gasteiger charge is 2.28. The highest BCUT2D eigenvalue weighted by Crippen LogP contribution is 2.36. The summed E-state index contributed by atoms with van der Waals surface area (Å²) in [6.07, 6.45) is 4.29. The summed E-state index contributed by atoms with van der Waals surface area (Å²) in [5.41, 5.74) is 7.46. The number of benzene rings is 2. The molecule has 1 N–H and O–H groups in total. The molecule has 0 spiro atoms. The van der Waals surface area contributed by atoms with Crippen LogP contribution < -0.4 is 5.43 Å². The van der Waals surface area contributed by atoms with Gasteiger partial charge in [-0.3, -0.25) is 4.79 Å². The quantitative estimate of drug-likeness (QED) is 0.559. The predicted octanol–water partition coefficient (Wildman–Crippen LogP) is 6.44. The molecular formula is C25H32N2OS. The summed E-state index contributed by atoms with van der Waals surface area (Å²) >= 11 is 1.88. The Morgan fingerprint density at radius 2 is 1.55 bits per heavy atom. The van der Waals surface area contributed by atoms with Crippen molar-refractivity contribution in [2.75, 3.05) is 0 Å². The third kappa shape index (κ3) is 6.74. The Bertz CT molecular complexity index is 812. The average molecular weight is 409 g/mol. The van der Waals surface area contributed by atoms with Gasteiger partial charge in [0, 0.05) is 22.8 Å². The minimum Gasteiger partial charge on any atom is -0.267 e. The Morgan fingerprint density at radius 3 is 2.14 bits per heavy atom. The number of nitrogens with one attached hydrogen (secondary N) is 1. The molecule has 154 valence electrons. The van der Waals surface area contributed by atoms with Crippen molar-refractivity contribution in [2.24, 2.45) is 16.4 Å². The molecule has 0 heterocycles. The number of hydrazone groups is 1. The van der Waals surface area contributed by atoms with Crippen molar-refractivity contribution >= 4 is 23.4 Å². The molecule has 0 radical (unpaired) electrons. The molecule has 1 aliphatic carbocycles. The van der Waals surface area contributed by atoms with Gasteiger partial charge in [-0.2, -0.15) is 16.9 Å². The number of rotatable bonds is 6. The van der Waals surface area contributed by atoms with E-state index in [0.717, 1.165) is 48.8 Å². The zero-order chi connectivity index (χ0) is 20.7. The number of thioether (sulfide) groups is 1. The third-order valence-corrected chi connectivity index (χ3v) is 6.77. The predicted molar refractivity (Wildman–Crippen MR) is 124 cm³/mol. The Hall–Kier alpha value is -2.07. The fourth-order valence-electron chi connectivity index (χ4n) is 3.74. The first-order valence-electron chi connectivity index (χ1n) is 10.5. The van der Waals surface area contributed by atoms with Gasteiger partial charge >= 0.3 is 0 Å². The maximum atomic E-state index is 12.4. The van der Waals surface area contributed by atoms with Gasteiger partial charge in [-0.25, -0.2) is 5.43 Å². The van der Waals surface area contributed by atoms with Gasteiger partial charge in [0.1, 0.15) is 0 Å². The molecule has 29 heavy (non-hydrogen) atoms. The Balaban J connectivity index is 1.44. The van der Waals surface area contributed by atoms with Crippen LogP contribution in [0.5, 0.6) is 0 Å². The summed E-state index contributed by atoms with van der Waals surface area (Å²) in [5.74, 6) is 2.55. The highest BCUT2D eigenvalue weighted by molar-refractivity contribution is 7.97. The largest absolute Gasteiger partial charge is 0.271 e. The van der Waals surface area contributed by atoms with Crippen LogP contribution in [0.25, 0.3) is 0 Å². The fraction of sp³-hybridized carbons (Fsp3) is 0.440. The minimum atomic E-state index is -0.126. The van der Waals surface area contributed by atoms with Crippen molar-refractivity contribution in [3.63, 3.8) is 0 Å². The summed E-state index contributed by atoms with van der Waals surface area (Å²) in [6, 6.07) is 18.3. The first kappa shape index (κ1) is 21.6. The molecule has 2 aromatic rings. The van der Waals surface area contributed by atoms with E-state index in [1.165, 1.54) is 11.1 Å². The maximum Gasteiger partial charge on any atom is 0.271 e. The van der Waals surface area contributed by atoms with Crippen LogP contribution in [-0.2, 0) is 11.5 Å². The molecular weight excluding hydrogens is 376 g/mol. The molecule has 0 atom stereocenters.